The van der Waals surface area contributed by atoms with Gasteiger partial charge in [0.2, 0.25) is 0 Å². The van der Waals surface area contributed by atoms with Gasteiger partial charge in [0.05, 0.1) is 15.7 Å². The summed E-state index contributed by atoms with van der Waals surface area (Å²) in [5.41, 5.74) is 0.239. The highest BCUT2D eigenvalue weighted by Gasteiger charge is 2.34. The van der Waals surface area contributed by atoms with E-state index in [4.69, 9.17) is 0 Å². The third-order valence-electron chi connectivity index (χ3n) is 3.03. The van der Waals surface area contributed by atoms with Crippen molar-refractivity contribution in [3.63, 3.8) is 0 Å². The molecule has 0 fully saturated rings. The van der Waals surface area contributed by atoms with Gasteiger partial charge >= 0.3 is 0 Å². The first-order chi connectivity index (χ1) is 8.06. The molecule has 3 atom stereocenters. The smallest absolute Gasteiger partial charge is 0.139 e. The van der Waals surface area contributed by atoms with E-state index in [1.807, 2.05) is 6.92 Å². The van der Waals surface area contributed by atoms with Gasteiger partial charge in [-0.2, -0.15) is 0 Å². The lowest BCUT2D eigenvalue weighted by Crippen LogP contribution is -2.33. The lowest BCUT2D eigenvalue weighted by atomic mass is 10.0. The van der Waals surface area contributed by atoms with Gasteiger partial charge in [0.15, 0.2) is 0 Å². The van der Waals surface area contributed by atoms with Crippen molar-refractivity contribution in [1.29, 1.82) is 0 Å². The molecule has 5 heteroatoms. The summed E-state index contributed by atoms with van der Waals surface area (Å²) in [7, 11) is -1.46. The monoisotopic (exact) mass is 259 g/mol. The molecule has 2 rings (SSSR count). The Balaban J connectivity index is 2.59. The van der Waals surface area contributed by atoms with Crippen LogP contribution in [0.1, 0.15) is 31.9 Å². The van der Waals surface area contributed by atoms with Crippen LogP contribution in [0.3, 0.4) is 0 Å². The molecule has 94 valence electrons. The summed E-state index contributed by atoms with van der Waals surface area (Å²) < 4.78 is 39.5. The highest BCUT2D eigenvalue weighted by Crippen LogP contribution is 2.36. The summed E-state index contributed by atoms with van der Waals surface area (Å²) in [6, 6.07) is 1.90. The highest BCUT2D eigenvalue weighted by molar-refractivity contribution is 7.85. The molecule has 0 aromatic heterocycles. The van der Waals surface area contributed by atoms with Gasteiger partial charge in [0.1, 0.15) is 11.6 Å². The zero-order valence-corrected chi connectivity index (χ0v) is 10.6. The van der Waals surface area contributed by atoms with E-state index >= 15 is 0 Å². The average Bonchev–Trinajstić information content (AvgIpc) is 2.29. The molecule has 0 aliphatic carbocycles. The maximum atomic E-state index is 13.8. The van der Waals surface area contributed by atoms with Gasteiger partial charge in [-0.15, -0.1) is 0 Å². The lowest BCUT2D eigenvalue weighted by Gasteiger charge is -2.30. The van der Waals surface area contributed by atoms with Crippen molar-refractivity contribution < 1.29 is 13.0 Å². The fourth-order valence-electron chi connectivity index (χ4n) is 2.25. The van der Waals surface area contributed by atoms with Crippen molar-refractivity contribution >= 4 is 10.8 Å². The van der Waals surface area contributed by atoms with Crippen LogP contribution >= 0.6 is 0 Å². The maximum absolute atomic E-state index is 13.8. The van der Waals surface area contributed by atoms with Gasteiger partial charge in [-0.25, -0.2) is 8.78 Å². The molecular formula is C12H15F2NOS. The van der Waals surface area contributed by atoms with Crippen molar-refractivity contribution in [2.75, 3.05) is 6.54 Å². The fourth-order valence-corrected chi connectivity index (χ4v) is 3.73. The van der Waals surface area contributed by atoms with E-state index in [0.29, 0.717) is 13.0 Å². The van der Waals surface area contributed by atoms with Crippen LogP contribution < -0.4 is 5.32 Å². The molecule has 17 heavy (non-hydrogen) atoms. The molecule has 1 heterocycles. The summed E-state index contributed by atoms with van der Waals surface area (Å²) in [5, 5.41) is 2.95. The zero-order valence-electron chi connectivity index (χ0n) is 9.80. The highest BCUT2D eigenvalue weighted by atomic mass is 32.2. The maximum Gasteiger partial charge on any atom is 0.139 e. The first kappa shape index (κ1) is 12.6. The number of hydrogen-bond acceptors (Lipinski definition) is 2. The molecular weight excluding hydrogens is 244 g/mol. The second-order valence-corrected chi connectivity index (χ2v) is 6.03. The summed E-state index contributed by atoms with van der Waals surface area (Å²) in [6.45, 7) is 4.38. The topological polar surface area (TPSA) is 29.1 Å². The van der Waals surface area contributed by atoms with E-state index in [9.17, 15) is 13.0 Å². The quantitative estimate of drug-likeness (QED) is 0.884. The van der Waals surface area contributed by atoms with Crippen LogP contribution in [0.5, 0.6) is 0 Å². The molecule has 3 unspecified atom stereocenters. The molecule has 1 N–H and O–H groups in total. The number of rotatable bonds is 2. The number of halogens is 2. The van der Waals surface area contributed by atoms with Crippen molar-refractivity contribution in [3.8, 4) is 0 Å². The van der Waals surface area contributed by atoms with E-state index in [2.05, 4.69) is 5.32 Å². The molecule has 1 aliphatic rings. The van der Waals surface area contributed by atoms with E-state index in [1.54, 1.807) is 6.92 Å². The largest absolute Gasteiger partial charge is 0.310 e. The summed E-state index contributed by atoms with van der Waals surface area (Å²) in [6.07, 6.45) is 0.563. The molecule has 2 nitrogen and oxygen atoms in total. The minimum Gasteiger partial charge on any atom is -0.310 e. The Morgan fingerprint density at radius 2 is 2.06 bits per heavy atom. The molecule has 0 amide bonds. The summed E-state index contributed by atoms with van der Waals surface area (Å²) >= 11 is 0. The standard InChI is InChI=1S/C12H15F2NOS/c1-3-15-10-6-7(2)17(16)12-9(14)5-4-8(13)11(10)12/h4-5,7,10,15H,3,6H2,1-2H3. The summed E-state index contributed by atoms with van der Waals surface area (Å²) in [4.78, 5) is 0.0368. The molecule has 1 aromatic carbocycles. The van der Waals surface area contributed by atoms with E-state index in [-0.39, 0.29) is 21.8 Å². The van der Waals surface area contributed by atoms with Crippen LogP contribution in [0.4, 0.5) is 8.78 Å². The Morgan fingerprint density at radius 3 is 2.71 bits per heavy atom. The van der Waals surface area contributed by atoms with E-state index in [0.717, 1.165) is 12.1 Å². The van der Waals surface area contributed by atoms with Gasteiger partial charge in [0.25, 0.3) is 0 Å². The Labute approximate surface area is 102 Å². The fraction of sp³-hybridized carbons (Fsp3) is 0.500. The van der Waals surface area contributed by atoms with Crippen LogP contribution in [0.15, 0.2) is 17.0 Å². The first-order valence-electron chi connectivity index (χ1n) is 5.68. The average molecular weight is 259 g/mol. The van der Waals surface area contributed by atoms with Crippen molar-refractivity contribution in [2.45, 2.75) is 36.5 Å². The number of benzene rings is 1. The molecule has 0 saturated heterocycles. The minimum absolute atomic E-state index is 0.0368. The molecule has 1 aromatic rings. The lowest BCUT2D eigenvalue weighted by molar-refractivity contribution is 0.448. The normalized spacial score (nSPS) is 27.9. The van der Waals surface area contributed by atoms with Crippen LogP contribution in [-0.2, 0) is 10.8 Å². The van der Waals surface area contributed by atoms with Crippen molar-refractivity contribution in [1.82, 2.24) is 5.32 Å². The van der Waals surface area contributed by atoms with Gasteiger partial charge in [0, 0.05) is 16.9 Å². The minimum atomic E-state index is -1.46. The van der Waals surface area contributed by atoms with Crippen LogP contribution in [0, 0.1) is 11.6 Å². The second kappa shape index (κ2) is 4.82. The third-order valence-corrected chi connectivity index (χ3v) is 4.77. The molecule has 1 aliphatic heterocycles. The SMILES string of the molecule is CCNC1CC(C)S(=O)c2c(F)ccc(F)c21. The van der Waals surface area contributed by atoms with Crippen molar-refractivity contribution in [2.24, 2.45) is 0 Å². The Hall–Kier alpha value is -0.810. The molecule has 0 spiro atoms. The van der Waals surface area contributed by atoms with Crippen LogP contribution in [0.25, 0.3) is 0 Å². The molecule has 0 bridgehead atoms. The van der Waals surface area contributed by atoms with Gasteiger partial charge < -0.3 is 5.32 Å². The molecule has 0 radical (unpaired) electrons. The van der Waals surface area contributed by atoms with Crippen molar-refractivity contribution in [3.05, 3.63) is 29.3 Å². The van der Waals surface area contributed by atoms with E-state index < -0.39 is 22.4 Å². The predicted octanol–water partition coefficient (Wildman–Crippen LogP) is 2.52. The van der Waals surface area contributed by atoms with Crippen LogP contribution in [0.2, 0.25) is 0 Å². The zero-order chi connectivity index (χ0) is 12.6. The Morgan fingerprint density at radius 1 is 1.41 bits per heavy atom. The van der Waals surface area contributed by atoms with Gasteiger partial charge in [-0.3, -0.25) is 4.21 Å². The second-order valence-electron chi connectivity index (χ2n) is 4.23. The number of nitrogens with one attached hydrogen (secondary N) is 1. The van der Waals surface area contributed by atoms with Gasteiger partial charge in [-0.1, -0.05) is 13.8 Å². The number of hydrogen-bond donors (Lipinski definition) is 1. The number of fused-ring (bicyclic) bond motifs is 1. The van der Waals surface area contributed by atoms with E-state index in [1.165, 1.54) is 0 Å². The first-order valence-corrected chi connectivity index (χ1v) is 6.89. The van der Waals surface area contributed by atoms with Gasteiger partial charge in [-0.05, 0) is 25.1 Å². The molecule has 0 saturated carbocycles. The Kier molecular flexibility index (Phi) is 3.58. The predicted molar refractivity (Wildman–Crippen MR) is 63.3 cm³/mol. The Bertz CT molecular complexity index is 464. The third kappa shape index (κ3) is 2.13. The summed E-state index contributed by atoms with van der Waals surface area (Å²) in [5.74, 6) is -1.05. The van der Waals surface area contributed by atoms with Crippen LogP contribution in [-0.4, -0.2) is 16.0 Å².